The van der Waals surface area contributed by atoms with Crippen LogP contribution < -0.4 is 15.5 Å². The lowest BCUT2D eigenvalue weighted by atomic mass is 9.99. The van der Waals surface area contributed by atoms with E-state index in [1.165, 1.54) is 24.1 Å². The van der Waals surface area contributed by atoms with Crippen LogP contribution in [0.1, 0.15) is 56.2 Å². The number of hydrogen-bond acceptors (Lipinski definition) is 4. The summed E-state index contributed by atoms with van der Waals surface area (Å²) in [5.74, 6) is 2.59. The summed E-state index contributed by atoms with van der Waals surface area (Å²) in [5.41, 5.74) is 4.75. The predicted molar refractivity (Wildman–Crippen MR) is 119 cm³/mol. The highest BCUT2D eigenvalue weighted by Crippen LogP contribution is 2.23. The molecular formula is C23H35N5O. The van der Waals surface area contributed by atoms with Crippen molar-refractivity contribution in [3.05, 3.63) is 46.8 Å². The van der Waals surface area contributed by atoms with Crippen LogP contribution in [-0.4, -0.2) is 31.3 Å². The van der Waals surface area contributed by atoms with Crippen molar-refractivity contribution in [1.82, 2.24) is 15.8 Å². The van der Waals surface area contributed by atoms with E-state index in [1.54, 1.807) is 7.05 Å². The number of nitrogens with zero attached hydrogens (tertiary/aromatic N) is 3. The summed E-state index contributed by atoms with van der Waals surface area (Å²) in [4.78, 5) is 6.84. The molecule has 0 spiro atoms. The second kappa shape index (κ2) is 10.3. The number of guanidine groups is 1. The Morgan fingerprint density at radius 1 is 1.10 bits per heavy atom. The van der Waals surface area contributed by atoms with Crippen molar-refractivity contribution in [3.8, 4) is 0 Å². The van der Waals surface area contributed by atoms with E-state index in [9.17, 15) is 0 Å². The number of aromatic nitrogens is 1. The van der Waals surface area contributed by atoms with E-state index < -0.39 is 0 Å². The number of hydrogen-bond donors (Lipinski definition) is 2. The Morgan fingerprint density at radius 3 is 2.41 bits per heavy atom. The topological polar surface area (TPSA) is 65.7 Å². The average Bonchev–Trinajstić information content (AvgIpc) is 3.17. The quantitative estimate of drug-likeness (QED) is 0.548. The molecule has 158 valence electrons. The second-order valence-electron chi connectivity index (χ2n) is 7.85. The minimum Gasteiger partial charge on any atom is -0.372 e. The van der Waals surface area contributed by atoms with Crippen molar-refractivity contribution >= 4 is 11.6 Å². The van der Waals surface area contributed by atoms with Gasteiger partial charge in [-0.2, -0.15) is 0 Å². The molecule has 2 aromatic rings. The van der Waals surface area contributed by atoms with Crippen LogP contribution in [0.15, 0.2) is 33.8 Å². The predicted octanol–water partition coefficient (Wildman–Crippen LogP) is 3.90. The number of aliphatic imine (C=N–C) groups is 1. The second-order valence-corrected chi connectivity index (χ2v) is 7.85. The summed E-state index contributed by atoms with van der Waals surface area (Å²) in [6.07, 6.45) is 4.29. The highest BCUT2D eigenvalue weighted by atomic mass is 16.5. The zero-order valence-electron chi connectivity index (χ0n) is 18.3. The minimum atomic E-state index is 0.668. The molecule has 0 unspecified atom stereocenters. The maximum absolute atomic E-state index is 5.44. The molecule has 2 N–H and O–H groups in total. The molecule has 0 aliphatic carbocycles. The van der Waals surface area contributed by atoms with E-state index in [1.807, 2.05) is 0 Å². The summed E-state index contributed by atoms with van der Waals surface area (Å²) in [6.45, 7) is 10.3. The molecule has 2 heterocycles. The summed E-state index contributed by atoms with van der Waals surface area (Å²) >= 11 is 0. The first-order valence-corrected chi connectivity index (χ1v) is 10.9. The Bertz CT molecular complexity index is 767. The molecule has 6 heteroatoms. The first kappa shape index (κ1) is 21.2. The van der Waals surface area contributed by atoms with E-state index in [2.05, 4.69) is 70.7 Å². The molecule has 1 aromatic carbocycles. The first-order valence-electron chi connectivity index (χ1n) is 10.9. The van der Waals surface area contributed by atoms with E-state index >= 15 is 0 Å². The third kappa shape index (κ3) is 5.52. The van der Waals surface area contributed by atoms with Crippen LogP contribution in [0, 0.1) is 5.92 Å². The van der Waals surface area contributed by atoms with Crippen molar-refractivity contribution in [2.75, 3.05) is 25.0 Å². The first-order chi connectivity index (χ1) is 14.1. The van der Waals surface area contributed by atoms with Crippen LogP contribution in [0.3, 0.4) is 0 Å². The highest BCUT2D eigenvalue weighted by Gasteiger charge is 2.16. The molecule has 1 aliphatic heterocycles. The van der Waals surface area contributed by atoms with Gasteiger partial charge in [0.25, 0.3) is 0 Å². The van der Waals surface area contributed by atoms with Crippen LogP contribution in [0.2, 0.25) is 0 Å². The highest BCUT2D eigenvalue weighted by molar-refractivity contribution is 5.79. The zero-order valence-corrected chi connectivity index (χ0v) is 18.3. The van der Waals surface area contributed by atoms with Gasteiger partial charge in [0.05, 0.1) is 5.69 Å². The normalized spacial score (nSPS) is 15.6. The summed E-state index contributed by atoms with van der Waals surface area (Å²) in [5, 5.41) is 11.0. The molecule has 29 heavy (non-hydrogen) atoms. The fraction of sp³-hybridized carbons (Fsp3) is 0.565. The Labute approximate surface area is 174 Å². The number of rotatable bonds is 7. The van der Waals surface area contributed by atoms with Gasteiger partial charge in [-0.1, -0.05) is 38.1 Å². The standard InChI is InChI=1S/C23H35N5O/c1-5-21-20(22(6-2)29-27-21)16-26-23(24-4)25-15-18-7-9-19(10-8-18)28-13-11-17(3)12-14-28/h7-10,17H,5-6,11-16H2,1-4H3,(H2,24,25,26). The summed E-state index contributed by atoms with van der Waals surface area (Å²) in [7, 11) is 1.80. The molecule has 1 saturated heterocycles. The fourth-order valence-corrected chi connectivity index (χ4v) is 3.81. The molecule has 0 bridgehead atoms. The lowest BCUT2D eigenvalue weighted by molar-refractivity contribution is 0.380. The third-order valence-corrected chi connectivity index (χ3v) is 5.81. The molecule has 3 rings (SSSR count). The molecule has 0 radical (unpaired) electrons. The van der Waals surface area contributed by atoms with Crippen LogP contribution in [0.5, 0.6) is 0 Å². The van der Waals surface area contributed by atoms with Gasteiger partial charge in [0.2, 0.25) is 0 Å². The van der Waals surface area contributed by atoms with E-state index in [0.29, 0.717) is 6.54 Å². The van der Waals surface area contributed by atoms with Gasteiger partial charge in [-0.3, -0.25) is 4.99 Å². The van der Waals surface area contributed by atoms with Crippen molar-refractivity contribution in [3.63, 3.8) is 0 Å². The van der Waals surface area contributed by atoms with Crippen LogP contribution in [-0.2, 0) is 25.9 Å². The lowest BCUT2D eigenvalue weighted by Gasteiger charge is -2.32. The fourth-order valence-electron chi connectivity index (χ4n) is 3.81. The van der Waals surface area contributed by atoms with Crippen molar-refractivity contribution in [2.45, 2.75) is 59.5 Å². The molecule has 0 saturated carbocycles. The van der Waals surface area contributed by atoms with Gasteiger partial charge in [0, 0.05) is 50.9 Å². The van der Waals surface area contributed by atoms with Gasteiger partial charge >= 0.3 is 0 Å². The number of anilines is 1. The smallest absolute Gasteiger partial charge is 0.191 e. The summed E-state index contributed by atoms with van der Waals surface area (Å²) < 4.78 is 5.44. The van der Waals surface area contributed by atoms with E-state index in [0.717, 1.165) is 61.4 Å². The zero-order chi connectivity index (χ0) is 20.6. The van der Waals surface area contributed by atoms with Crippen molar-refractivity contribution < 1.29 is 4.52 Å². The molecule has 1 aliphatic rings. The Kier molecular flexibility index (Phi) is 7.55. The van der Waals surface area contributed by atoms with Crippen LogP contribution >= 0.6 is 0 Å². The van der Waals surface area contributed by atoms with E-state index in [4.69, 9.17) is 4.52 Å². The average molecular weight is 398 g/mol. The van der Waals surface area contributed by atoms with Gasteiger partial charge in [-0.15, -0.1) is 0 Å². The monoisotopic (exact) mass is 397 g/mol. The van der Waals surface area contributed by atoms with Crippen molar-refractivity contribution in [2.24, 2.45) is 10.9 Å². The van der Waals surface area contributed by atoms with Gasteiger partial charge < -0.3 is 20.1 Å². The molecular weight excluding hydrogens is 362 g/mol. The van der Waals surface area contributed by atoms with Crippen LogP contribution in [0.25, 0.3) is 0 Å². The Morgan fingerprint density at radius 2 is 1.79 bits per heavy atom. The lowest BCUT2D eigenvalue weighted by Crippen LogP contribution is -2.36. The molecule has 0 atom stereocenters. The SMILES string of the molecule is CCc1noc(CC)c1CNC(=NC)NCc1ccc(N2CCC(C)CC2)cc1. The van der Waals surface area contributed by atoms with Gasteiger partial charge in [0.1, 0.15) is 5.76 Å². The third-order valence-electron chi connectivity index (χ3n) is 5.81. The molecule has 0 amide bonds. The number of piperidine rings is 1. The molecule has 1 aromatic heterocycles. The van der Waals surface area contributed by atoms with E-state index in [-0.39, 0.29) is 0 Å². The maximum Gasteiger partial charge on any atom is 0.191 e. The molecule has 1 fully saturated rings. The Hall–Kier alpha value is -2.50. The molecule has 6 nitrogen and oxygen atoms in total. The summed E-state index contributed by atoms with van der Waals surface area (Å²) in [6, 6.07) is 8.89. The van der Waals surface area contributed by atoms with Gasteiger partial charge in [0.15, 0.2) is 5.96 Å². The number of nitrogens with one attached hydrogen (secondary N) is 2. The Balaban J connectivity index is 1.51. The van der Waals surface area contributed by atoms with Gasteiger partial charge in [-0.05, 0) is 42.9 Å². The number of benzene rings is 1. The maximum atomic E-state index is 5.44. The van der Waals surface area contributed by atoms with Crippen LogP contribution in [0.4, 0.5) is 5.69 Å². The largest absolute Gasteiger partial charge is 0.372 e. The number of aryl methyl sites for hydroxylation is 2. The van der Waals surface area contributed by atoms with Gasteiger partial charge in [-0.25, -0.2) is 0 Å². The van der Waals surface area contributed by atoms with Crippen molar-refractivity contribution in [1.29, 1.82) is 0 Å². The minimum absolute atomic E-state index is 0.668.